The smallest absolute Gasteiger partial charge is 0.337 e. The molecule has 0 saturated heterocycles. The van der Waals surface area contributed by atoms with Gasteiger partial charge in [-0.05, 0) is 55.0 Å². The van der Waals surface area contributed by atoms with Crippen molar-refractivity contribution in [3.63, 3.8) is 0 Å². The van der Waals surface area contributed by atoms with Crippen molar-refractivity contribution in [3.05, 3.63) is 71.3 Å². The van der Waals surface area contributed by atoms with E-state index in [9.17, 15) is 54.6 Å². The highest BCUT2D eigenvalue weighted by atomic mass is 32.3. The summed E-state index contributed by atoms with van der Waals surface area (Å²) in [5.41, 5.74) is 0.377. The van der Waals surface area contributed by atoms with Crippen molar-refractivity contribution >= 4 is 54.3 Å². The number of hydrazone groups is 1. The van der Waals surface area contributed by atoms with Crippen LogP contribution in [0.2, 0.25) is 0 Å². The molecular weight excluding hydrogens is 596 g/mol. The van der Waals surface area contributed by atoms with Crippen LogP contribution in [0.5, 0.6) is 5.75 Å². The number of aromatic carboxylic acids is 1. The van der Waals surface area contributed by atoms with Gasteiger partial charge in [0.15, 0.2) is 0 Å². The van der Waals surface area contributed by atoms with Gasteiger partial charge in [-0.1, -0.05) is 12.1 Å². The van der Waals surface area contributed by atoms with Crippen molar-refractivity contribution in [1.82, 2.24) is 0 Å². The Kier molecular flexibility index (Phi) is 8.62. The first-order chi connectivity index (χ1) is 18.4. The van der Waals surface area contributed by atoms with E-state index in [0.29, 0.717) is 0 Å². The number of azo groups is 1. The van der Waals surface area contributed by atoms with Crippen LogP contribution < -0.4 is 5.43 Å². The first-order valence-corrected chi connectivity index (χ1v) is 14.8. The summed E-state index contributed by atoms with van der Waals surface area (Å²) < 4.78 is 94.7. The van der Waals surface area contributed by atoms with Gasteiger partial charge in [0.25, 0.3) is 20.2 Å². The third-order valence-electron chi connectivity index (χ3n) is 5.03. The second kappa shape index (κ2) is 11.3. The molecule has 0 heterocycles. The third kappa shape index (κ3) is 7.16. The molecule has 8 N–H and O–H groups in total. The number of hydrogen-bond acceptors (Lipinski definition) is 12. The summed E-state index contributed by atoms with van der Waals surface area (Å²) in [7, 11) is -13.9. The van der Waals surface area contributed by atoms with E-state index in [1.54, 1.807) is 0 Å². The molecule has 3 rings (SSSR count). The molecule has 0 unspecified atom stereocenters. The fraction of sp³-hybridized carbons (Fsp3) is 0.0476. The number of benzene rings is 3. The Labute approximate surface area is 228 Å². The van der Waals surface area contributed by atoms with E-state index in [1.165, 1.54) is 19.1 Å². The van der Waals surface area contributed by atoms with Crippen LogP contribution >= 0.6 is 10.9 Å². The molecule has 40 heavy (non-hydrogen) atoms. The van der Waals surface area contributed by atoms with Gasteiger partial charge in [-0.15, -0.1) is 10.2 Å². The van der Waals surface area contributed by atoms with E-state index in [1.807, 2.05) is 0 Å². The fourth-order valence-corrected chi connectivity index (χ4v) is 4.95. The van der Waals surface area contributed by atoms with Crippen molar-refractivity contribution in [3.8, 4) is 5.75 Å². The van der Waals surface area contributed by atoms with Crippen LogP contribution in [0.1, 0.15) is 21.5 Å². The lowest BCUT2D eigenvalue weighted by Crippen LogP contribution is -2.10. The van der Waals surface area contributed by atoms with E-state index < -0.39 is 85.8 Å². The lowest BCUT2D eigenvalue weighted by Gasteiger charge is -2.19. The van der Waals surface area contributed by atoms with Gasteiger partial charge < -0.3 is 23.9 Å². The maximum atomic E-state index is 12.0. The number of rotatable bonds is 8. The van der Waals surface area contributed by atoms with Crippen LogP contribution in [0.25, 0.3) is 0 Å². The zero-order chi connectivity index (χ0) is 30.0. The Morgan fingerprint density at radius 3 is 2.05 bits per heavy atom. The number of nitrogens with zero attached hydrogens (tertiary/aromatic N) is 3. The molecule has 0 fully saturated rings. The summed E-state index contributed by atoms with van der Waals surface area (Å²) in [6, 6.07) is 9.00. The second-order valence-electron chi connectivity index (χ2n) is 7.83. The third-order valence-corrected chi connectivity index (χ3v) is 7.66. The summed E-state index contributed by atoms with van der Waals surface area (Å²) in [6.45, 7) is 1.30. The summed E-state index contributed by atoms with van der Waals surface area (Å²) in [4.78, 5) is 9.76. The highest BCUT2D eigenvalue weighted by molar-refractivity contribution is 8.19. The molecule has 0 aliphatic rings. The predicted molar refractivity (Wildman–Crippen MR) is 141 cm³/mol. The molecule has 0 spiro atoms. The molecule has 0 aromatic heterocycles. The number of hydrogen-bond donors (Lipinski definition) is 8. The van der Waals surface area contributed by atoms with Gasteiger partial charge in [-0.25, -0.2) is 4.79 Å². The maximum Gasteiger partial charge on any atom is 0.337 e. The number of phenolic OH excluding ortho intramolecular Hbond substituents is 1. The van der Waals surface area contributed by atoms with Gasteiger partial charge in [0.1, 0.15) is 27.2 Å². The lowest BCUT2D eigenvalue weighted by atomic mass is 10.2. The molecule has 3 aromatic carbocycles. The molecular formula is C21H20N4O12S3. The zero-order valence-electron chi connectivity index (χ0n) is 19.9. The van der Waals surface area contributed by atoms with Crippen LogP contribution in [-0.2, 0) is 20.2 Å². The summed E-state index contributed by atoms with van der Waals surface area (Å²) in [5, 5.41) is 31.0. The highest BCUT2D eigenvalue weighted by Crippen LogP contribution is 2.45. The van der Waals surface area contributed by atoms with Gasteiger partial charge in [-0.3, -0.25) is 14.5 Å². The van der Waals surface area contributed by atoms with E-state index in [4.69, 9.17) is 0 Å². The van der Waals surface area contributed by atoms with Crippen molar-refractivity contribution in [2.24, 2.45) is 15.3 Å². The van der Waals surface area contributed by atoms with Gasteiger partial charge >= 0.3 is 5.97 Å². The van der Waals surface area contributed by atoms with E-state index >= 15 is 0 Å². The van der Waals surface area contributed by atoms with E-state index in [2.05, 4.69) is 20.8 Å². The van der Waals surface area contributed by atoms with Gasteiger partial charge in [0, 0.05) is 5.56 Å². The minimum atomic E-state index is -4.90. The normalized spacial score (nSPS) is 13.4. The fourth-order valence-electron chi connectivity index (χ4n) is 3.15. The number of carbonyl (C=O) groups is 1. The first kappa shape index (κ1) is 30.6. The SMILES string of the molecule is Cc1cc(S(=O)(=O)O)cc(N/N=C(\N=Nc2cc(S(O)(O)O)ccc2C(=O)O)c2ccccc2S(=O)(=O)O)c1O. The summed E-state index contributed by atoms with van der Waals surface area (Å²) in [5.74, 6) is -2.73. The lowest BCUT2D eigenvalue weighted by molar-refractivity contribution is 0.0697. The molecule has 3 aromatic rings. The van der Waals surface area contributed by atoms with Crippen molar-refractivity contribution in [2.45, 2.75) is 21.6 Å². The van der Waals surface area contributed by atoms with Gasteiger partial charge in [0.2, 0.25) is 5.84 Å². The Morgan fingerprint density at radius 1 is 0.825 bits per heavy atom. The average Bonchev–Trinajstić information content (AvgIpc) is 2.84. The second-order valence-corrected chi connectivity index (χ2v) is 12.2. The standard InChI is InChI=1S/C21H20N4O12S3/c1-11-8-13(39(32,33)34)10-17(19(11)26)23-25-20(15-4-2-3-5-18(15)40(35,36)37)24-22-16-9-12(38(29,30)31)6-7-14(16)21(27)28/h2-10,23,26,29-31H,1H3,(H,27,28)(H,32,33,34)(H,35,36,37)/b24-22?,25-20-. The molecule has 0 aliphatic heterocycles. The molecule has 0 aliphatic carbocycles. The predicted octanol–water partition coefficient (Wildman–Crippen LogP) is 4.03. The highest BCUT2D eigenvalue weighted by Gasteiger charge is 2.22. The number of carboxylic acids is 1. The molecule has 214 valence electrons. The molecule has 16 nitrogen and oxygen atoms in total. The molecule has 0 saturated carbocycles. The Balaban J connectivity index is 2.25. The number of nitrogens with one attached hydrogen (secondary N) is 1. The van der Waals surface area contributed by atoms with Gasteiger partial charge in [0.05, 0.1) is 21.0 Å². The van der Waals surface area contributed by atoms with E-state index in [-0.39, 0.29) is 5.56 Å². The van der Waals surface area contributed by atoms with Crippen molar-refractivity contribution in [1.29, 1.82) is 0 Å². The Morgan fingerprint density at radius 2 is 1.48 bits per heavy atom. The summed E-state index contributed by atoms with van der Waals surface area (Å²) >= 11 is 0. The number of phenols is 1. The van der Waals surface area contributed by atoms with Crippen LogP contribution in [0.3, 0.4) is 0 Å². The quantitative estimate of drug-likeness (QED) is 0.0443. The van der Waals surface area contributed by atoms with Crippen LogP contribution in [0, 0.1) is 6.92 Å². The maximum absolute atomic E-state index is 12.0. The number of amidine groups is 1. The Bertz CT molecular complexity index is 1770. The topological polar surface area (TPSA) is 276 Å². The van der Waals surface area contributed by atoms with Crippen LogP contribution in [0.4, 0.5) is 11.4 Å². The van der Waals surface area contributed by atoms with Crippen LogP contribution in [-0.4, -0.2) is 61.6 Å². The minimum absolute atomic E-state index is 0.0137. The average molecular weight is 617 g/mol. The molecule has 19 heteroatoms. The molecule has 0 amide bonds. The minimum Gasteiger partial charge on any atom is -0.505 e. The number of anilines is 1. The molecule has 0 atom stereocenters. The Hall–Kier alpha value is -3.95. The van der Waals surface area contributed by atoms with Crippen molar-refractivity contribution < 1.29 is 54.6 Å². The number of aromatic hydroxyl groups is 1. The first-order valence-electron chi connectivity index (χ1n) is 10.4. The number of carboxylic acid groups (broad SMARTS) is 1. The zero-order valence-corrected chi connectivity index (χ0v) is 22.4. The molecule has 0 radical (unpaired) electrons. The van der Waals surface area contributed by atoms with Crippen molar-refractivity contribution in [2.75, 3.05) is 5.43 Å². The number of aryl methyl sites for hydroxylation is 1. The largest absolute Gasteiger partial charge is 0.505 e. The van der Waals surface area contributed by atoms with Crippen LogP contribution in [0.15, 0.2) is 84.6 Å². The summed E-state index contributed by atoms with van der Waals surface area (Å²) in [6.07, 6.45) is 0. The van der Waals surface area contributed by atoms with E-state index in [0.717, 1.165) is 42.5 Å². The molecule has 0 bridgehead atoms. The monoisotopic (exact) mass is 616 g/mol. The van der Waals surface area contributed by atoms with Gasteiger partial charge in [-0.2, -0.15) is 21.9 Å².